The van der Waals surface area contributed by atoms with Crippen molar-refractivity contribution in [3.8, 4) is 11.5 Å². The number of aromatic nitrogens is 3. The maximum absolute atomic E-state index is 11.4. The number of nitrogens with zero attached hydrogens (tertiary/aromatic N) is 3. The van der Waals surface area contributed by atoms with Gasteiger partial charge in [0.1, 0.15) is 16.3 Å². The second-order valence-electron chi connectivity index (χ2n) is 5.88. The number of hydrogen-bond acceptors (Lipinski definition) is 6. The average Bonchev–Trinajstić information content (AvgIpc) is 3.24. The number of anilines is 1. The van der Waals surface area contributed by atoms with Crippen molar-refractivity contribution in [2.45, 2.75) is 25.3 Å². The molecule has 2 atom stereocenters. The predicted molar refractivity (Wildman–Crippen MR) is 93.0 cm³/mol. The highest BCUT2D eigenvalue weighted by atomic mass is 32.1. The lowest BCUT2D eigenvalue weighted by atomic mass is 10.0. The highest BCUT2D eigenvalue weighted by Crippen LogP contribution is 2.33. The molecule has 3 aromatic rings. The highest BCUT2D eigenvalue weighted by Gasteiger charge is 2.33. The van der Waals surface area contributed by atoms with Gasteiger partial charge in [-0.1, -0.05) is 12.5 Å². The molecule has 2 N–H and O–H groups in total. The van der Waals surface area contributed by atoms with Crippen molar-refractivity contribution in [1.82, 2.24) is 15.0 Å². The molecule has 0 unspecified atom stereocenters. The summed E-state index contributed by atoms with van der Waals surface area (Å²) in [6, 6.07) is 7.48. The molecule has 1 aliphatic carbocycles. The predicted octanol–water partition coefficient (Wildman–Crippen LogP) is 3.42. The third-order valence-electron chi connectivity index (χ3n) is 4.37. The van der Waals surface area contributed by atoms with Crippen LogP contribution in [-0.4, -0.2) is 32.1 Å². The molecular formula is C17H16N4O2S. The zero-order valence-electron chi connectivity index (χ0n) is 12.8. The van der Waals surface area contributed by atoms with Crippen LogP contribution in [0.4, 0.5) is 5.82 Å². The summed E-state index contributed by atoms with van der Waals surface area (Å²) < 4.78 is 0. The van der Waals surface area contributed by atoms with E-state index in [-0.39, 0.29) is 12.0 Å². The van der Waals surface area contributed by atoms with Crippen molar-refractivity contribution >= 4 is 33.3 Å². The molecule has 0 saturated heterocycles. The Kier molecular flexibility index (Phi) is 3.86. The van der Waals surface area contributed by atoms with E-state index in [9.17, 15) is 9.90 Å². The van der Waals surface area contributed by atoms with Gasteiger partial charge in [0, 0.05) is 12.2 Å². The van der Waals surface area contributed by atoms with Crippen LogP contribution < -0.4 is 5.32 Å². The minimum atomic E-state index is -0.745. The fourth-order valence-electron chi connectivity index (χ4n) is 3.18. The lowest BCUT2D eigenvalue weighted by molar-refractivity contribution is -0.141. The maximum Gasteiger partial charge on any atom is 0.308 e. The van der Waals surface area contributed by atoms with Gasteiger partial charge in [-0.05, 0) is 36.4 Å². The molecule has 0 aliphatic heterocycles. The molecule has 1 saturated carbocycles. The summed E-state index contributed by atoms with van der Waals surface area (Å²) in [5.41, 5.74) is 0.706. The molecule has 0 spiro atoms. The molecule has 0 bridgehead atoms. The number of aliphatic carboxylic acids is 1. The molecule has 1 fully saturated rings. The molecule has 0 aromatic carbocycles. The Bertz CT molecular complexity index is 881. The van der Waals surface area contributed by atoms with Gasteiger partial charge in [-0.25, -0.2) is 9.97 Å². The molecule has 6 nitrogen and oxygen atoms in total. The summed E-state index contributed by atoms with van der Waals surface area (Å²) in [6.45, 7) is 0. The SMILES string of the molecule is O=C(O)[C@@H]1CCC[C@@H]1Nc1nc(-c2ccccn2)nc2sccc12. The van der Waals surface area contributed by atoms with E-state index in [0.717, 1.165) is 23.1 Å². The van der Waals surface area contributed by atoms with Crippen LogP contribution >= 0.6 is 11.3 Å². The monoisotopic (exact) mass is 340 g/mol. The highest BCUT2D eigenvalue weighted by molar-refractivity contribution is 7.16. The number of hydrogen-bond donors (Lipinski definition) is 2. The van der Waals surface area contributed by atoms with Gasteiger partial charge in [-0.2, -0.15) is 0 Å². The Balaban J connectivity index is 1.74. The molecular weight excluding hydrogens is 324 g/mol. The largest absolute Gasteiger partial charge is 0.481 e. The van der Waals surface area contributed by atoms with E-state index in [1.54, 1.807) is 17.5 Å². The molecule has 0 radical (unpaired) electrons. The minimum Gasteiger partial charge on any atom is -0.481 e. The summed E-state index contributed by atoms with van der Waals surface area (Å²) >= 11 is 1.54. The van der Waals surface area contributed by atoms with E-state index >= 15 is 0 Å². The molecule has 3 aromatic heterocycles. The summed E-state index contributed by atoms with van der Waals surface area (Å²) in [7, 11) is 0. The summed E-state index contributed by atoms with van der Waals surface area (Å²) in [5.74, 6) is 0.135. The van der Waals surface area contributed by atoms with Crippen LogP contribution in [0.2, 0.25) is 0 Å². The average molecular weight is 340 g/mol. The van der Waals surface area contributed by atoms with Crippen molar-refractivity contribution in [1.29, 1.82) is 0 Å². The zero-order valence-corrected chi connectivity index (χ0v) is 13.7. The third-order valence-corrected chi connectivity index (χ3v) is 5.18. The summed E-state index contributed by atoms with van der Waals surface area (Å²) in [5, 5.41) is 15.6. The first-order valence-corrected chi connectivity index (χ1v) is 8.76. The van der Waals surface area contributed by atoms with Crippen LogP contribution in [0, 0.1) is 5.92 Å². The number of carboxylic acids is 1. The summed E-state index contributed by atoms with van der Waals surface area (Å²) in [6.07, 6.45) is 4.17. The Morgan fingerprint density at radius 2 is 2.17 bits per heavy atom. The zero-order chi connectivity index (χ0) is 16.5. The first kappa shape index (κ1) is 15.0. The van der Waals surface area contributed by atoms with E-state index in [1.165, 1.54) is 0 Å². The molecule has 3 heterocycles. The molecule has 0 amide bonds. The van der Waals surface area contributed by atoms with E-state index in [4.69, 9.17) is 0 Å². The molecule has 1 aliphatic rings. The number of pyridine rings is 1. The van der Waals surface area contributed by atoms with Crippen LogP contribution in [0.1, 0.15) is 19.3 Å². The number of rotatable bonds is 4. The van der Waals surface area contributed by atoms with E-state index in [2.05, 4.69) is 20.3 Å². The van der Waals surface area contributed by atoms with Gasteiger partial charge in [-0.3, -0.25) is 9.78 Å². The number of carbonyl (C=O) groups is 1. The number of carboxylic acid groups (broad SMARTS) is 1. The van der Waals surface area contributed by atoms with Crippen LogP contribution in [-0.2, 0) is 4.79 Å². The van der Waals surface area contributed by atoms with Crippen molar-refractivity contribution in [2.24, 2.45) is 5.92 Å². The Morgan fingerprint density at radius 1 is 1.25 bits per heavy atom. The van der Waals surface area contributed by atoms with E-state index in [1.807, 2.05) is 29.6 Å². The Labute approximate surface area is 142 Å². The molecule has 4 rings (SSSR count). The molecule has 7 heteroatoms. The lowest BCUT2D eigenvalue weighted by Gasteiger charge is -2.19. The first-order chi connectivity index (χ1) is 11.7. The van der Waals surface area contributed by atoms with E-state index in [0.29, 0.717) is 23.8 Å². The standard InChI is InChI=1S/C17H16N4O2S/c22-17(23)10-4-3-6-12(10)19-14-11-7-9-24-16(11)21-15(20-14)13-5-1-2-8-18-13/h1-2,5,7-10,12H,3-4,6H2,(H,22,23)(H,19,20,21)/t10-,12+/m1/s1. The molecule has 24 heavy (non-hydrogen) atoms. The summed E-state index contributed by atoms with van der Waals surface area (Å²) in [4.78, 5) is 25.8. The van der Waals surface area contributed by atoms with Gasteiger partial charge >= 0.3 is 5.97 Å². The Morgan fingerprint density at radius 3 is 2.96 bits per heavy atom. The number of fused-ring (bicyclic) bond motifs is 1. The lowest BCUT2D eigenvalue weighted by Crippen LogP contribution is -2.30. The van der Waals surface area contributed by atoms with Gasteiger partial charge in [0.05, 0.1) is 11.3 Å². The maximum atomic E-state index is 11.4. The Hall–Kier alpha value is -2.54. The van der Waals surface area contributed by atoms with Crippen molar-refractivity contribution < 1.29 is 9.90 Å². The number of thiophene rings is 1. The van der Waals surface area contributed by atoms with Gasteiger partial charge in [0.25, 0.3) is 0 Å². The van der Waals surface area contributed by atoms with Gasteiger partial charge in [-0.15, -0.1) is 11.3 Å². The van der Waals surface area contributed by atoms with Gasteiger partial charge in [0.15, 0.2) is 5.82 Å². The third kappa shape index (κ3) is 2.71. The second kappa shape index (κ2) is 6.16. The van der Waals surface area contributed by atoms with Gasteiger partial charge in [0.2, 0.25) is 0 Å². The fraction of sp³-hybridized carbons (Fsp3) is 0.294. The van der Waals surface area contributed by atoms with Crippen LogP contribution in [0.25, 0.3) is 21.7 Å². The van der Waals surface area contributed by atoms with Crippen molar-refractivity contribution in [3.05, 3.63) is 35.8 Å². The smallest absolute Gasteiger partial charge is 0.308 e. The van der Waals surface area contributed by atoms with Crippen LogP contribution in [0.5, 0.6) is 0 Å². The van der Waals surface area contributed by atoms with Crippen molar-refractivity contribution in [2.75, 3.05) is 5.32 Å². The fourth-order valence-corrected chi connectivity index (χ4v) is 3.94. The van der Waals surface area contributed by atoms with Crippen molar-refractivity contribution in [3.63, 3.8) is 0 Å². The number of nitrogens with one attached hydrogen (secondary N) is 1. The normalized spacial score (nSPS) is 20.3. The van der Waals surface area contributed by atoms with Crippen LogP contribution in [0.3, 0.4) is 0 Å². The van der Waals surface area contributed by atoms with Crippen LogP contribution in [0.15, 0.2) is 35.8 Å². The van der Waals surface area contributed by atoms with E-state index < -0.39 is 5.97 Å². The van der Waals surface area contributed by atoms with Gasteiger partial charge < -0.3 is 10.4 Å². The quantitative estimate of drug-likeness (QED) is 0.756. The molecule has 122 valence electrons. The second-order valence-corrected chi connectivity index (χ2v) is 6.77. The first-order valence-electron chi connectivity index (χ1n) is 7.88. The minimum absolute atomic E-state index is 0.0999. The topological polar surface area (TPSA) is 88.0 Å².